The molecule has 0 fully saturated rings. The lowest BCUT2D eigenvalue weighted by atomic mass is 10.1. The fourth-order valence-corrected chi connectivity index (χ4v) is 2.63. The molecule has 18 heavy (non-hydrogen) atoms. The number of terminal acetylenes is 1. The van der Waals surface area contributed by atoms with Crippen LogP contribution < -0.4 is 5.32 Å². The van der Waals surface area contributed by atoms with Gasteiger partial charge >= 0.3 is 0 Å². The van der Waals surface area contributed by atoms with E-state index in [4.69, 9.17) is 6.42 Å². The van der Waals surface area contributed by atoms with Crippen LogP contribution >= 0.6 is 15.9 Å². The average molecular weight is 312 g/mol. The fraction of sp³-hybridized carbons (Fsp3) is 0.643. The Morgan fingerprint density at radius 3 is 2.67 bits per heavy atom. The Labute approximate surface area is 118 Å². The van der Waals surface area contributed by atoms with E-state index in [-0.39, 0.29) is 0 Å². The van der Waals surface area contributed by atoms with Gasteiger partial charge in [-0.1, -0.05) is 13.8 Å². The predicted molar refractivity (Wildman–Crippen MR) is 79.3 cm³/mol. The molecule has 1 N–H and O–H groups in total. The number of hydrogen-bond acceptors (Lipinski definition) is 2. The van der Waals surface area contributed by atoms with Gasteiger partial charge in [-0.25, -0.2) is 0 Å². The minimum Gasteiger partial charge on any atom is -0.307 e. The maximum absolute atomic E-state index is 5.37. The summed E-state index contributed by atoms with van der Waals surface area (Å²) in [5.74, 6) is 2.72. The van der Waals surface area contributed by atoms with E-state index in [1.54, 1.807) is 0 Å². The molecule has 1 aromatic rings. The molecule has 3 nitrogen and oxygen atoms in total. The van der Waals surface area contributed by atoms with Gasteiger partial charge in [0, 0.05) is 25.6 Å². The molecule has 1 unspecified atom stereocenters. The first-order chi connectivity index (χ1) is 8.67. The third kappa shape index (κ3) is 3.60. The number of rotatable bonds is 7. The Morgan fingerprint density at radius 1 is 1.44 bits per heavy atom. The molecule has 0 bridgehead atoms. The number of halogens is 1. The zero-order valence-corrected chi connectivity index (χ0v) is 13.0. The highest BCUT2D eigenvalue weighted by Gasteiger charge is 2.14. The maximum Gasteiger partial charge on any atom is 0.0767 e. The monoisotopic (exact) mass is 311 g/mol. The van der Waals surface area contributed by atoms with Crippen molar-refractivity contribution < 1.29 is 0 Å². The largest absolute Gasteiger partial charge is 0.307 e. The summed E-state index contributed by atoms with van der Waals surface area (Å²) in [6, 6.07) is 0.382. The Kier molecular flexibility index (Phi) is 6.45. The van der Waals surface area contributed by atoms with Gasteiger partial charge in [-0.2, -0.15) is 5.10 Å². The van der Waals surface area contributed by atoms with Gasteiger partial charge in [-0.05, 0) is 35.7 Å². The number of nitrogens with one attached hydrogen (secondary N) is 1. The molecule has 0 saturated carbocycles. The summed E-state index contributed by atoms with van der Waals surface area (Å²) >= 11 is 3.65. The van der Waals surface area contributed by atoms with E-state index in [0.29, 0.717) is 6.04 Å². The third-order valence-electron chi connectivity index (χ3n) is 3.11. The van der Waals surface area contributed by atoms with Crippen LogP contribution in [-0.4, -0.2) is 15.8 Å². The maximum atomic E-state index is 5.37. The van der Waals surface area contributed by atoms with Crippen molar-refractivity contribution >= 4 is 15.9 Å². The lowest BCUT2D eigenvalue weighted by molar-refractivity contribution is 0.484. The van der Waals surface area contributed by atoms with Crippen LogP contribution in [0, 0.1) is 12.3 Å². The van der Waals surface area contributed by atoms with Gasteiger partial charge in [0.15, 0.2) is 0 Å². The molecule has 1 atom stereocenters. The lowest BCUT2D eigenvalue weighted by Crippen LogP contribution is -2.28. The van der Waals surface area contributed by atoms with Crippen LogP contribution in [0.4, 0.5) is 0 Å². The molecule has 0 saturated heterocycles. The molecule has 0 aliphatic heterocycles. The Bertz CT molecular complexity index is 417. The minimum atomic E-state index is 0.382. The highest BCUT2D eigenvalue weighted by Crippen LogP contribution is 2.22. The standard InChI is InChI=1S/C14H22BrN3/c1-5-9-11(6-2)16-10-13-14(15)12(7-3)17-18(13)8-4/h1,11,16H,6-10H2,2-4H3. The van der Waals surface area contributed by atoms with Gasteiger partial charge in [0.2, 0.25) is 0 Å². The van der Waals surface area contributed by atoms with Crippen LogP contribution in [0.15, 0.2) is 4.47 Å². The molecule has 1 aromatic heterocycles. The Morgan fingerprint density at radius 2 is 2.17 bits per heavy atom. The normalized spacial score (nSPS) is 12.4. The number of aryl methyl sites for hydroxylation is 2. The zero-order chi connectivity index (χ0) is 13.5. The molecule has 0 aromatic carbocycles. The molecule has 0 aliphatic carbocycles. The number of aromatic nitrogens is 2. The molecule has 0 spiro atoms. The average Bonchev–Trinajstić information content (AvgIpc) is 2.70. The highest BCUT2D eigenvalue weighted by molar-refractivity contribution is 9.10. The summed E-state index contributed by atoms with van der Waals surface area (Å²) < 4.78 is 3.19. The Balaban J connectivity index is 2.77. The van der Waals surface area contributed by atoms with Crippen molar-refractivity contribution in [2.24, 2.45) is 0 Å². The summed E-state index contributed by atoms with van der Waals surface area (Å²) in [7, 11) is 0. The fourth-order valence-electron chi connectivity index (χ4n) is 1.93. The minimum absolute atomic E-state index is 0.382. The van der Waals surface area contributed by atoms with Crippen molar-refractivity contribution in [3.63, 3.8) is 0 Å². The molecular weight excluding hydrogens is 290 g/mol. The first-order valence-electron chi connectivity index (χ1n) is 6.58. The van der Waals surface area contributed by atoms with Gasteiger partial charge in [0.1, 0.15) is 0 Å². The van der Waals surface area contributed by atoms with Crippen molar-refractivity contribution in [1.82, 2.24) is 15.1 Å². The smallest absolute Gasteiger partial charge is 0.0767 e. The summed E-state index contributed by atoms with van der Waals surface area (Å²) in [5.41, 5.74) is 2.34. The van der Waals surface area contributed by atoms with Gasteiger partial charge in [0.05, 0.1) is 15.9 Å². The van der Waals surface area contributed by atoms with E-state index in [9.17, 15) is 0 Å². The molecule has 1 heterocycles. The second-order valence-corrected chi connectivity index (χ2v) is 5.06. The van der Waals surface area contributed by atoms with E-state index in [0.717, 1.165) is 42.5 Å². The molecule has 1 rings (SSSR count). The molecular formula is C14H22BrN3. The van der Waals surface area contributed by atoms with Gasteiger partial charge in [-0.3, -0.25) is 4.68 Å². The van der Waals surface area contributed by atoms with E-state index in [1.807, 2.05) is 0 Å². The first kappa shape index (κ1) is 15.3. The van der Waals surface area contributed by atoms with E-state index in [2.05, 4.69) is 57.7 Å². The first-order valence-corrected chi connectivity index (χ1v) is 7.37. The van der Waals surface area contributed by atoms with Gasteiger partial charge in [0.25, 0.3) is 0 Å². The topological polar surface area (TPSA) is 29.9 Å². The van der Waals surface area contributed by atoms with Crippen LogP contribution in [0.2, 0.25) is 0 Å². The van der Waals surface area contributed by atoms with Crippen LogP contribution in [-0.2, 0) is 19.5 Å². The molecule has 0 radical (unpaired) electrons. The van der Waals surface area contributed by atoms with E-state index in [1.165, 1.54) is 5.69 Å². The van der Waals surface area contributed by atoms with E-state index >= 15 is 0 Å². The molecule has 0 amide bonds. The van der Waals surface area contributed by atoms with Crippen molar-refractivity contribution in [2.45, 2.75) is 59.2 Å². The third-order valence-corrected chi connectivity index (χ3v) is 4.02. The van der Waals surface area contributed by atoms with Gasteiger partial charge < -0.3 is 5.32 Å². The van der Waals surface area contributed by atoms with E-state index < -0.39 is 0 Å². The predicted octanol–water partition coefficient (Wildman–Crippen LogP) is 3.12. The zero-order valence-electron chi connectivity index (χ0n) is 11.5. The lowest BCUT2D eigenvalue weighted by Gasteiger charge is -2.15. The molecule has 4 heteroatoms. The number of nitrogens with zero attached hydrogens (tertiary/aromatic N) is 2. The van der Waals surface area contributed by atoms with Crippen LogP contribution in [0.25, 0.3) is 0 Å². The van der Waals surface area contributed by atoms with Crippen LogP contribution in [0.3, 0.4) is 0 Å². The van der Waals surface area contributed by atoms with Crippen molar-refractivity contribution in [3.8, 4) is 12.3 Å². The SMILES string of the molecule is C#CCC(CC)NCc1c(Br)c(CC)nn1CC. The van der Waals surface area contributed by atoms with Crippen LogP contribution in [0.1, 0.15) is 45.0 Å². The second kappa shape index (κ2) is 7.60. The quantitative estimate of drug-likeness (QED) is 0.784. The summed E-state index contributed by atoms with van der Waals surface area (Å²) in [5, 5.41) is 8.09. The van der Waals surface area contributed by atoms with Crippen molar-refractivity contribution in [3.05, 3.63) is 15.9 Å². The van der Waals surface area contributed by atoms with Crippen molar-refractivity contribution in [2.75, 3.05) is 0 Å². The highest BCUT2D eigenvalue weighted by atomic mass is 79.9. The summed E-state index contributed by atoms with van der Waals surface area (Å²) in [6.07, 6.45) is 8.13. The number of hydrogen-bond donors (Lipinski definition) is 1. The molecule has 100 valence electrons. The van der Waals surface area contributed by atoms with Crippen LogP contribution in [0.5, 0.6) is 0 Å². The van der Waals surface area contributed by atoms with Gasteiger partial charge in [-0.15, -0.1) is 12.3 Å². The second-order valence-electron chi connectivity index (χ2n) is 4.27. The summed E-state index contributed by atoms with van der Waals surface area (Å²) in [4.78, 5) is 0. The summed E-state index contributed by atoms with van der Waals surface area (Å²) in [6.45, 7) is 8.08. The Hall–Kier alpha value is -0.790. The molecule has 0 aliphatic rings. The van der Waals surface area contributed by atoms with Crippen molar-refractivity contribution in [1.29, 1.82) is 0 Å².